The maximum absolute atomic E-state index is 4.62. The molecule has 148 valence electrons. The molecule has 2 saturated heterocycles. The molecule has 3 atom stereocenters. The van der Waals surface area contributed by atoms with Gasteiger partial charge in [-0.05, 0) is 55.5 Å². The Kier molecular flexibility index (Phi) is 6.01. The number of hydrogen-bond donors (Lipinski definition) is 1. The summed E-state index contributed by atoms with van der Waals surface area (Å²) in [7, 11) is 1.94. The van der Waals surface area contributed by atoms with Gasteiger partial charge in [0.15, 0.2) is 5.96 Å². The average Bonchev–Trinajstić information content (AvgIpc) is 3.47. The number of aliphatic imine (C=N–C) groups is 1. The quantitative estimate of drug-likeness (QED) is 0.637. The van der Waals surface area contributed by atoms with Crippen LogP contribution in [0.4, 0.5) is 0 Å². The second-order valence-electron chi connectivity index (χ2n) is 8.73. The number of nitrogens with zero attached hydrogens (tertiary/aromatic N) is 3. The van der Waals surface area contributed by atoms with E-state index in [4.69, 9.17) is 0 Å². The van der Waals surface area contributed by atoms with E-state index >= 15 is 0 Å². The van der Waals surface area contributed by atoms with Crippen molar-refractivity contribution < 1.29 is 0 Å². The summed E-state index contributed by atoms with van der Waals surface area (Å²) in [5, 5.41) is 3.71. The fraction of sp³-hybridized carbons (Fsp3) is 0.696. The van der Waals surface area contributed by atoms with Gasteiger partial charge in [0.1, 0.15) is 0 Å². The standard InChI is InChI=1S/C23H36N4/c1-3-19-17-27(14-12-22(19)20-7-5-4-6-8-20)23(24-2)25-15-18-11-13-26(16-18)21-9-10-21/h4-8,18-19,21-22H,3,9-17H2,1-2H3,(H,24,25). The van der Waals surface area contributed by atoms with Crippen molar-refractivity contribution >= 4 is 5.96 Å². The molecular weight excluding hydrogens is 332 g/mol. The van der Waals surface area contributed by atoms with Crippen molar-refractivity contribution in [1.82, 2.24) is 15.1 Å². The Morgan fingerprint density at radius 3 is 2.59 bits per heavy atom. The maximum Gasteiger partial charge on any atom is 0.193 e. The first kappa shape index (κ1) is 18.8. The summed E-state index contributed by atoms with van der Waals surface area (Å²) in [6.07, 6.45) is 6.65. The molecule has 0 radical (unpaired) electrons. The van der Waals surface area contributed by atoms with Crippen LogP contribution in [0, 0.1) is 11.8 Å². The molecule has 1 aliphatic carbocycles. The van der Waals surface area contributed by atoms with E-state index in [9.17, 15) is 0 Å². The summed E-state index contributed by atoms with van der Waals surface area (Å²) in [5.41, 5.74) is 1.51. The molecule has 3 unspecified atom stereocenters. The highest BCUT2D eigenvalue weighted by Gasteiger charge is 2.35. The van der Waals surface area contributed by atoms with Crippen molar-refractivity contribution in [3.05, 3.63) is 35.9 Å². The zero-order valence-corrected chi connectivity index (χ0v) is 17.1. The number of nitrogens with one attached hydrogen (secondary N) is 1. The lowest BCUT2D eigenvalue weighted by Crippen LogP contribution is -2.49. The predicted molar refractivity (Wildman–Crippen MR) is 113 cm³/mol. The first-order valence-corrected chi connectivity index (χ1v) is 11.0. The minimum Gasteiger partial charge on any atom is -0.356 e. The summed E-state index contributed by atoms with van der Waals surface area (Å²) in [6, 6.07) is 12.0. The minimum absolute atomic E-state index is 0.687. The molecule has 0 bridgehead atoms. The van der Waals surface area contributed by atoms with Crippen LogP contribution in [0.1, 0.15) is 50.5 Å². The molecule has 1 aromatic rings. The molecule has 1 N–H and O–H groups in total. The predicted octanol–water partition coefficient (Wildman–Crippen LogP) is 3.56. The van der Waals surface area contributed by atoms with Crippen molar-refractivity contribution in [2.24, 2.45) is 16.8 Å². The molecule has 3 fully saturated rings. The first-order chi connectivity index (χ1) is 13.3. The van der Waals surface area contributed by atoms with Crippen LogP contribution >= 0.6 is 0 Å². The van der Waals surface area contributed by atoms with E-state index in [1.54, 1.807) is 0 Å². The van der Waals surface area contributed by atoms with E-state index < -0.39 is 0 Å². The number of likely N-dealkylation sites (tertiary alicyclic amines) is 2. The number of hydrogen-bond acceptors (Lipinski definition) is 2. The zero-order valence-electron chi connectivity index (χ0n) is 17.1. The second-order valence-corrected chi connectivity index (χ2v) is 8.73. The highest BCUT2D eigenvalue weighted by molar-refractivity contribution is 5.80. The van der Waals surface area contributed by atoms with Gasteiger partial charge in [-0.1, -0.05) is 43.7 Å². The number of guanidine groups is 1. The molecule has 2 aliphatic heterocycles. The van der Waals surface area contributed by atoms with Crippen LogP contribution in [0.2, 0.25) is 0 Å². The van der Waals surface area contributed by atoms with Gasteiger partial charge in [-0.3, -0.25) is 4.99 Å². The monoisotopic (exact) mass is 368 g/mol. The van der Waals surface area contributed by atoms with Gasteiger partial charge in [0.05, 0.1) is 0 Å². The van der Waals surface area contributed by atoms with Crippen LogP contribution in [0.15, 0.2) is 35.3 Å². The van der Waals surface area contributed by atoms with Gasteiger partial charge < -0.3 is 15.1 Å². The molecule has 0 aromatic heterocycles. The van der Waals surface area contributed by atoms with E-state index in [-0.39, 0.29) is 0 Å². The third-order valence-corrected chi connectivity index (χ3v) is 6.93. The lowest BCUT2D eigenvalue weighted by atomic mass is 9.79. The molecule has 27 heavy (non-hydrogen) atoms. The third kappa shape index (κ3) is 4.48. The van der Waals surface area contributed by atoms with E-state index in [2.05, 4.69) is 57.4 Å². The van der Waals surface area contributed by atoms with Gasteiger partial charge in [-0.25, -0.2) is 0 Å². The number of rotatable bonds is 5. The van der Waals surface area contributed by atoms with Crippen LogP contribution in [0.3, 0.4) is 0 Å². The first-order valence-electron chi connectivity index (χ1n) is 11.0. The van der Waals surface area contributed by atoms with Crippen LogP contribution in [-0.4, -0.2) is 61.6 Å². The number of benzene rings is 1. The van der Waals surface area contributed by atoms with Crippen molar-refractivity contribution in [2.45, 2.75) is 51.0 Å². The lowest BCUT2D eigenvalue weighted by molar-refractivity contribution is 0.215. The second kappa shape index (κ2) is 8.64. The summed E-state index contributed by atoms with van der Waals surface area (Å²) in [4.78, 5) is 9.83. The molecule has 2 heterocycles. The van der Waals surface area contributed by atoms with E-state index in [1.807, 2.05) is 7.05 Å². The Hall–Kier alpha value is -1.55. The fourth-order valence-corrected chi connectivity index (χ4v) is 5.15. The van der Waals surface area contributed by atoms with Crippen molar-refractivity contribution in [1.29, 1.82) is 0 Å². The Balaban J connectivity index is 1.31. The normalized spacial score (nSPS) is 29.9. The summed E-state index contributed by atoms with van der Waals surface area (Å²) >= 11 is 0. The highest BCUT2D eigenvalue weighted by atomic mass is 15.3. The van der Waals surface area contributed by atoms with Gasteiger partial charge in [0.2, 0.25) is 0 Å². The van der Waals surface area contributed by atoms with Gasteiger partial charge in [-0.15, -0.1) is 0 Å². The molecule has 0 spiro atoms. The van der Waals surface area contributed by atoms with Crippen LogP contribution in [0.5, 0.6) is 0 Å². The molecule has 0 amide bonds. The van der Waals surface area contributed by atoms with Crippen molar-refractivity contribution in [2.75, 3.05) is 39.8 Å². The maximum atomic E-state index is 4.62. The SMILES string of the molecule is CCC1CN(C(=NC)NCC2CCN(C3CC3)C2)CCC1c1ccccc1. The molecule has 4 nitrogen and oxygen atoms in total. The topological polar surface area (TPSA) is 30.9 Å². The zero-order chi connectivity index (χ0) is 18.6. The van der Waals surface area contributed by atoms with E-state index in [0.717, 1.165) is 37.6 Å². The van der Waals surface area contributed by atoms with E-state index in [1.165, 1.54) is 50.8 Å². The Bertz CT molecular complexity index is 625. The third-order valence-electron chi connectivity index (χ3n) is 6.93. The largest absolute Gasteiger partial charge is 0.356 e. The molecule has 4 heteroatoms. The van der Waals surface area contributed by atoms with Crippen LogP contribution < -0.4 is 5.32 Å². The summed E-state index contributed by atoms with van der Waals surface area (Å²) in [5.74, 6) is 3.29. The molecule has 3 aliphatic rings. The molecule has 1 aromatic carbocycles. The summed E-state index contributed by atoms with van der Waals surface area (Å²) < 4.78 is 0. The van der Waals surface area contributed by atoms with Crippen molar-refractivity contribution in [3.8, 4) is 0 Å². The lowest BCUT2D eigenvalue weighted by Gasteiger charge is -2.40. The van der Waals surface area contributed by atoms with Crippen LogP contribution in [-0.2, 0) is 0 Å². The minimum atomic E-state index is 0.687. The number of piperidine rings is 1. The molecular formula is C23H36N4. The van der Waals surface area contributed by atoms with Gasteiger partial charge in [-0.2, -0.15) is 0 Å². The van der Waals surface area contributed by atoms with E-state index in [0.29, 0.717) is 11.8 Å². The Morgan fingerprint density at radius 1 is 1.07 bits per heavy atom. The fourth-order valence-electron chi connectivity index (χ4n) is 5.15. The molecule has 4 rings (SSSR count). The average molecular weight is 369 g/mol. The highest BCUT2D eigenvalue weighted by Crippen LogP contribution is 2.35. The molecule has 1 saturated carbocycles. The van der Waals surface area contributed by atoms with Gasteiger partial charge in [0.25, 0.3) is 0 Å². The van der Waals surface area contributed by atoms with Gasteiger partial charge >= 0.3 is 0 Å². The van der Waals surface area contributed by atoms with Crippen molar-refractivity contribution in [3.63, 3.8) is 0 Å². The van der Waals surface area contributed by atoms with Crippen LogP contribution in [0.25, 0.3) is 0 Å². The smallest absolute Gasteiger partial charge is 0.193 e. The van der Waals surface area contributed by atoms with Gasteiger partial charge in [0, 0.05) is 39.3 Å². The Labute approximate surface area is 165 Å². The Morgan fingerprint density at radius 2 is 1.89 bits per heavy atom. The summed E-state index contributed by atoms with van der Waals surface area (Å²) in [6.45, 7) is 8.22.